The quantitative estimate of drug-likeness (QED) is 0.747. The number of nitriles is 1. The molecule has 0 amide bonds. The van der Waals surface area contributed by atoms with Crippen LogP contribution in [0.1, 0.15) is 17.0 Å². The number of anilines is 1. The Hall–Kier alpha value is -3.39. The molecule has 0 unspecified atom stereocenters. The highest BCUT2D eigenvalue weighted by Crippen LogP contribution is 2.18. The molecule has 0 saturated carbocycles. The van der Waals surface area contributed by atoms with E-state index in [4.69, 9.17) is 0 Å². The summed E-state index contributed by atoms with van der Waals surface area (Å²) in [5.41, 5.74) is 3.58. The third-order valence-electron chi connectivity index (χ3n) is 3.96. The molecule has 0 aliphatic heterocycles. The van der Waals surface area contributed by atoms with Gasteiger partial charge in [-0.05, 0) is 42.8 Å². The number of nitrogens with zero attached hydrogens (tertiary/aromatic N) is 3. The fourth-order valence-electron chi connectivity index (χ4n) is 2.57. The van der Waals surface area contributed by atoms with E-state index in [0.29, 0.717) is 16.5 Å². The summed E-state index contributed by atoms with van der Waals surface area (Å²) in [6.45, 7) is 1.92. The monoisotopic (exact) mass is 330 g/mol. The van der Waals surface area contributed by atoms with Gasteiger partial charge in [-0.1, -0.05) is 23.8 Å². The van der Waals surface area contributed by atoms with Crippen molar-refractivity contribution >= 4 is 28.2 Å². The summed E-state index contributed by atoms with van der Waals surface area (Å²) in [5.74, 6) is 0.278. The number of aromatic nitrogens is 2. The van der Waals surface area contributed by atoms with Crippen LogP contribution in [0.4, 0.5) is 5.69 Å². The van der Waals surface area contributed by atoms with Gasteiger partial charge in [0.2, 0.25) is 0 Å². The topological polar surface area (TPSA) is 72.8 Å². The first-order chi connectivity index (χ1) is 12.0. The first-order valence-electron chi connectivity index (χ1n) is 7.88. The summed E-state index contributed by atoms with van der Waals surface area (Å²) >= 11 is 0. The number of benzene rings is 2. The summed E-state index contributed by atoms with van der Waals surface area (Å²) in [5, 5.41) is 10.0. The Morgan fingerprint density at radius 3 is 2.56 bits per heavy atom. The minimum Gasteiger partial charge on any atom is -0.378 e. The molecule has 0 bridgehead atoms. The standard InChI is InChI=1S/C20H18N4O/c1-13-4-9-18-17(10-13)20(25)23-19(22-18)15(12-21)11-14-5-7-16(8-6-14)24(2)3/h4-11H,1-3H3,(H,22,23,25)/b15-11+. The van der Waals surface area contributed by atoms with Crippen molar-refractivity contribution in [2.24, 2.45) is 0 Å². The van der Waals surface area contributed by atoms with Gasteiger partial charge >= 0.3 is 0 Å². The van der Waals surface area contributed by atoms with Crippen LogP contribution >= 0.6 is 0 Å². The molecule has 0 aliphatic carbocycles. The number of nitrogens with one attached hydrogen (secondary N) is 1. The van der Waals surface area contributed by atoms with E-state index in [0.717, 1.165) is 16.8 Å². The Kier molecular flexibility index (Phi) is 4.36. The second kappa shape index (κ2) is 6.62. The van der Waals surface area contributed by atoms with Crippen LogP contribution < -0.4 is 10.5 Å². The molecule has 0 saturated heterocycles. The van der Waals surface area contributed by atoms with E-state index >= 15 is 0 Å². The molecule has 1 N–H and O–H groups in total. The minimum atomic E-state index is -0.243. The summed E-state index contributed by atoms with van der Waals surface area (Å²) in [6, 6.07) is 15.4. The number of aryl methyl sites for hydroxylation is 1. The molecule has 124 valence electrons. The van der Waals surface area contributed by atoms with Crippen LogP contribution in [0.3, 0.4) is 0 Å². The number of hydrogen-bond acceptors (Lipinski definition) is 4. The summed E-state index contributed by atoms with van der Waals surface area (Å²) in [7, 11) is 3.94. The molecule has 3 aromatic rings. The molecular formula is C20H18N4O. The molecular weight excluding hydrogens is 312 g/mol. The molecule has 5 nitrogen and oxygen atoms in total. The largest absolute Gasteiger partial charge is 0.378 e. The third-order valence-corrected chi connectivity index (χ3v) is 3.96. The van der Waals surface area contributed by atoms with Gasteiger partial charge in [0, 0.05) is 19.8 Å². The molecule has 0 spiro atoms. The Balaban J connectivity index is 2.06. The van der Waals surface area contributed by atoms with Crippen LogP contribution in [0.25, 0.3) is 22.6 Å². The SMILES string of the molecule is Cc1ccc2nc(/C(C#N)=C/c3ccc(N(C)C)cc3)[nH]c(=O)c2c1. The lowest BCUT2D eigenvalue weighted by Gasteiger charge is -2.11. The van der Waals surface area contributed by atoms with Crippen molar-refractivity contribution in [2.75, 3.05) is 19.0 Å². The van der Waals surface area contributed by atoms with Crippen LogP contribution in [0, 0.1) is 18.3 Å². The maximum Gasteiger partial charge on any atom is 0.259 e. The van der Waals surface area contributed by atoms with Crippen molar-refractivity contribution in [3.63, 3.8) is 0 Å². The van der Waals surface area contributed by atoms with Crippen LogP contribution in [0.15, 0.2) is 47.3 Å². The summed E-state index contributed by atoms with van der Waals surface area (Å²) in [6.07, 6.45) is 1.72. The van der Waals surface area contributed by atoms with E-state index in [-0.39, 0.29) is 11.4 Å². The van der Waals surface area contributed by atoms with E-state index in [9.17, 15) is 10.1 Å². The number of allylic oxidation sites excluding steroid dienone is 1. The van der Waals surface area contributed by atoms with Gasteiger partial charge in [-0.2, -0.15) is 5.26 Å². The zero-order valence-electron chi connectivity index (χ0n) is 14.4. The molecule has 25 heavy (non-hydrogen) atoms. The lowest BCUT2D eigenvalue weighted by atomic mass is 10.1. The van der Waals surface area contributed by atoms with Crippen LogP contribution in [-0.2, 0) is 0 Å². The van der Waals surface area contributed by atoms with E-state index in [1.807, 2.05) is 56.3 Å². The first-order valence-corrected chi connectivity index (χ1v) is 7.88. The van der Waals surface area contributed by atoms with Crippen molar-refractivity contribution < 1.29 is 0 Å². The normalized spacial score (nSPS) is 11.4. The second-order valence-electron chi connectivity index (χ2n) is 6.09. The number of hydrogen-bond donors (Lipinski definition) is 1. The van der Waals surface area contributed by atoms with Gasteiger partial charge < -0.3 is 9.88 Å². The highest BCUT2D eigenvalue weighted by Gasteiger charge is 2.08. The molecule has 0 fully saturated rings. The Morgan fingerprint density at radius 1 is 1.20 bits per heavy atom. The first kappa shape index (κ1) is 16.5. The average Bonchev–Trinajstić information content (AvgIpc) is 2.60. The molecule has 2 aromatic carbocycles. The highest BCUT2D eigenvalue weighted by molar-refractivity contribution is 5.89. The molecule has 1 heterocycles. The average molecular weight is 330 g/mol. The zero-order chi connectivity index (χ0) is 18.0. The van der Waals surface area contributed by atoms with E-state index in [2.05, 4.69) is 16.0 Å². The van der Waals surface area contributed by atoms with Crippen LogP contribution in [0.5, 0.6) is 0 Å². The van der Waals surface area contributed by atoms with Crippen molar-refractivity contribution in [1.82, 2.24) is 9.97 Å². The van der Waals surface area contributed by atoms with Gasteiger partial charge in [0.1, 0.15) is 6.07 Å². The van der Waals surface area contributed by atoms with Crippen molar-refractivity contribution in [2.45, 2.75) is 6.92 Å². The maximum atomic E-state index is 12.3. The number of rotatable bonds is 3. The van der Waals surface area contributed by atoms with Gasteiger partial charge in [-0.3, -0.25) is 4.79 Å². The predicted octanol–water partition coefficient (Wildman–Crippen LogP) is 3.36. The van der Waals surface area contributed by atoms with Gasteiger partial charge in [-0.25, -0.2) is 4.98 Å². The van der Waals surface area contributed by atoms with Crippen molar-refractivity contribution in [3.05, 3.63) is 69.8 Å². The smallest absolute Gasteiger partial charge is 0.259 e. The fraction of sp³-hybridized carbons (Fsp3) is 0.150. The number of fused-ring (bicyclic) bond motifs is 1. The Bertz CT molecular complexity index is 1050. The third kappa shape index (κ3) is 3.43. The molecule has 0 atom stereocenters. The summed E-state index contributed by atoms with van der Waals surface area (Å²) in [4.78, 5) is 21.5. The summed E-state index contributed by atoms with van der Waals surface area (Å²) < 4.78 is 0. The molecule has 5 heteroatoms. The molecule has 0 radical (unpaired) electrons. The molecule has 1 aromatic heterocycles. The minimum absolute atomic E-state index is 0.243. The van der Waals surface area contributed by atoms with Gasteiger partial charge in [-0.15, -0.1) is 0 Å². The van der Waals surface area contributed by atoms with Gasteiger partial charge in [0.15, 0.2) is 5.82 Å². The van der Waals surface area contributed by atoms with E-state index in [1.165, 1.54) is 0 Å². The molecule has 0 aliphatic rings. The Morgan fingerprint density at radius 2 is 1.92 bits per heavy atom. The van der Waals surface area contributed by atoms with Crippen LogP contribution in [0.2, 0.25) is 0 Å². The van der Waals surface area contributed by atoms with E-state index in [1.54, 1.807) is 18.2 Å². The zero-order valence-corrected chi connectivity index (χ0v) is 14.4. The number of aromatic amines is 1. The Labute approximate surface area is 145 Å². The molecule has 3 rings (SSSR count). The van der Waals surface area contributed by atoms with Crippen molar-refractivity contribution in [3.8, 4) is 6.07 Å². The maximum absolute atomic E-state index is 12.3. The van der Waals surface area contributed by atoms with E-state index < -0.39 is 0 Å². The lowest BCUT2D eigenvalue weighted by molar-refractivity contribution is 1.13. The fourth-order valence-corrected chi connectivity index (χ4v) is 2.57. The van der Waals surface area contributed by atoms with Gasteiger partial charge in [0.05, 0.1) is 16.5 Å². The van der Waals surface area contributed by atoms with Crippen LogP contribution in [-0.4, -0.2) is 24.1 Å². The second-order valence-corrected chi connectivity index (χ2v) is 6.09. The highest BCUT2D eigenvalue weighted by atomic mass is 16.1. The number of H-pyrrole nitrogens is 1. The van der Waals surface area contributed by atoms with Gasteiger partial charge in [0.25, 0.3) is 5.56 Å². The lowest BCUT2D eigenvalue weighted by Crippen LogP contribution is -2.11. The van der Waals surface area contributed by atoms with Crippen molar-refractivity contribution in [1.29, 1.82) is 5.26 Å². The predicted molar refractivity (Wildman–Crippen MR) is 101 cm³/mol.